The normalized spacial score (nSPS) is 16.3. The number of hydrogen-bond donors (Lipinski definition) is 0. The van der Waals surface area contributed by atoms with E-state index in [-0.39, 0.29) is 31.7 Å². The smallest absolute Gasteiger partial charge is 0.273 e. The molecule has 0 saturated carbocycles. The summed E-state index contributed by atoms with van der Waals surface area (Å²) in [4.78, 5) is 21.8. The fourth-order valence-corrected chi connectivity index (χ4v) is 4.34. The van der Waals surface area contributed by atoms with Crippen molar-refractivity contribution in [3.8, 4) is 23.0 Å². The van der Waals surface area contributed by atoms with Crippen LogP contribution in [0.25, 0.3) is 10.2 Å². The third-order valence-electron chi connectivity index (χ3n) is 4.92. The molecule has 2 aromatic carbocycles. The Morgan fingerprint density at radius 2 is 1.81 bits per heavy atom. The summed E-state index contributed by atoms with van der Waals surface area (Å²) < 4.78 is 23.5. The molecule has 164 valence electrons. The maximum absolute atomic E-state index is 13.4. The topological polar surface area (TPSA) is 73.4 Å². The largest absolute Gasteiger partial charge is 0.485 e. The Hall–Kier alpha value is -2.75. The van der Waals surface area contributed by atoms with Gasteiger partial charge in [-0.15, -0.1) is 12.4 Å². The van der Waals surface area contributed by atoms with Crippen LogP contribution in [0.5, 0.6) is 23.0 Å². The van der Waals surface area contributed by atoms with E-state index in [9.17, 15) is 4.79 Å². The second kappa shape index (κ2) is 8.78. The standard InChI is InChI=1S/C21H21N3O5S.ClH/c1-23(2)7-8-24(20(25)18-11-26-14-5-3-4-6-15(14)29-18)21-22-13-9-16-17(28-12-27-16)10-19(13)30-21;/h3-6,9-10,18H,7-8,11-12H2,1-2H3;1H. The zero-order valence-corrected chi connectivity index (χ0v) is 18.7. The van der Waals surface area contributed by atoms with E-state index in [0.717, 1.165) is 10.2 Å². The van der Waals surface area contributed by atoms with Gasteiger partial charge >= 0.3 is 0 Å². The second-order valence-corrected chi connectivity index (χ2v) is 8.34. The summed E-state index contributed by atoms with van der Waals surface area (Å²) in [5, 5.41) is 0.614. The number of ether oxygens (including phenoxy) is 4. The fourth-order valence-electron chi connectivity index (χ4n) is 3.34. The van der Waals surface area contributed by atoms with Gasteiger partial charge in [0.2, 0.25) is 12.9 Å². The van der Waals surface area contributed by atoms with Crippen molar-refractivity contribution in [1.82, 2.24) is 9.88 Å². The maximum atomic E-state index is 13.4. The molecule has 10 heteroatoms. The van der Waals surface area contributed by atoms with E-state index >= 15 is 0 Å². The number of hydrogen-bond acceptors (Lipinski definition) is 8. The first-order chi connectivity index (χ1) is 14.6. The van der Waals surface area contributed by atoms with E-state index in [1.807, 2.05) is 49.3 Å². The summed E-state index contributed by atoms with van der Waals surface area (Å²) in [6, 6.07) is 11.1. The van der Waals surface area contributed by atoms with E-state index in [2.05, 4.69) is 0 Å². The Morgan fingerprint density at radius 1 is 1.06 bits per heavy atom. The highest BCUT2D eigenvalue weighted by Gasteiger charge is 2.33. The van der Waals surface area contributed by atoms with Gasteiger partial charge in [0.15, 0.2) is 28.1 Å². The van der Waals surface area contributed by atoms with Crippen molar-refractivity contribution >= 4 is 45.0 Å². The molecule has 0 saturated heterocycles. The van der Waals surface area contributed by atoms with Gasteiger partial charge in [-0.1, -0.05) is 23.5 Å². The van der Waals surface area contributed by atoms with Crippen LogP contribution >= 0.6 is 23.7 Å². The molecule has 0 spiro atoms. The van der Waals surface area contributed by atoms with E-state index in [1.54, 1.807) is 11.0 Å². The molecule has 0 fully saturated rings. The lowest BCUT2D eigenvalue weighted by Gasteiger charge is -2.30. The van der Waals surface area contributed by atoms with Gasteiger partial charge in [-0.25, -0.2) is 4.98 Å². The van der Waals surface area contributed by atoms with Gasteiger partial charge in [-0.3, -0.25) is 9.69 Å². The monoisotopic (exact) mass is 463 g/mol. The Labute approximate surface area is 189 Å². The Bertz CT molecular complexity index is 1060. The van der Waals surface area contributed by atoms with Gasteiger partial charge in [-0.2, -0.15) is 0 Å². The molecule has 31 heavy (non-hydrogen) atoms. The highest BCUT2D eigenvalue weighted by atomic mass is 35.5. The molecule has 1 aromatic heterocycles. The molecule has 2 aliphatic heterocycles. The van der Waals surface area contributed by atoms with Crippen molar-refractivity contribution < 1.29 is 23.7 Å². The van der Waals surface area contributed by atoms with Gasteiger partial charge in [0.05, 0.1) is 10.2 Å². The number of rotatable bonds is 5. The van der Waals surface area contributed by atoms with Crippen LogP contribution in [0.4, 0.5) is 5.13 Å². The van der Waals surface area contributed by atoms with Gasteiger partial charge < -0.3 is 23.8 Å². The average molecular weight is 464 g/mol. The zero-order valence-electron chi connectivity index (χ0n) is 17.1. The molecule has 5 rings (SSSR count). The number of amides is 1. The lowest BCUT2D eigenvalue weighted by molar-refractivity contribution is -0.127. The number of benzene rings is 2. The average Bonchev–Trinajstić information content (AvgIpc) is 3.37. The van der Waals surface area contributed by atoms with Crippen molar-refractivity contribution in [3.05, 3.63) is 36.4 Å². The third-order valence-corrected chi connectivity index (χ3v) is 5.96. The van der Waals surface area contributed by atoms with Gasteiger partial charge in [-0.05, 0) is 26.2 Å². The predicted octanol–water partition coefficient (Wildman–Crippen LogP) is 3.18. The van der Waals surface area contributed by atoms with Gasteiger partial charge in [0.1, 0.15) is 6.61 Å². The minimum atomic E-state index is -0.731. The van der Waals surface area contributed by atoms with Crippen LogP contribution in [-0.4, -0.2) is 62.5 Å². The summed E-state index contributed by atoms with van der Waals surface area (Å²) in [5.41, 5.74) is 0.771. The molecule has 8 nitrogen and oxygen atoms in total. The number of nitrogens with zero attached hydrogens (tertiary/aromatic N) is 3. The van der Waals surface area contributed by atoms with Crippen LogP contribution in [0.3, 0.4) is 0 Å². The molecule has 0 radical (unpaired) electrons. The number of halogens is 1. The summed E-state index contributed by atoms with van der Waals surface area (Å²) in [5.74, 6) is 2.42. The number of likely N-dealkylation sites (N-methyl/N-ethyl adjacent to an activating group) is 1. The SMILES string of the molecule is CN(C)CCN(C(=O)C1COc2ccccc2O1)c1nc2cc3c(cc2s1)OCO3.Cl. The quantitative estimate of drug-likeness (QED) is 0.575. The number of para-hydroxylation sites is 2. The summed E-state index contributed by atoms with van der Waals surface area (Å²) in [6.45, 7) is 1.55. The van der Waals surface area contributed by atoms with E-state index in [0.29, 0.717) is 41.2 Å². The highest BCUT2D eigenvalue weighted by Crippen LogP contribution is 2.40. The Morgan fingerprint density at radius 3 is 2.58 bits per heavy atom. The molecule has 1 atom stereocenters. The molecule has 1 unspecified atom stereocenters. The Balaban J connectivity index is 0.00000231. The summed E-state index contributed by atoms with van der Waals surface area (Å²) >= 11 is 1.44. The van der Waals surface area contributed by atoms with Crippen molar-refractivity contribution in [1.29, 1.82) is 0 Å². The molecular formula is C21H22ClN3O5S. The number of carbonyl (C=O) groups is 1. The van der Waals surface area contributed by atoms with Crippen LogP contribution in [0.1, 0.15) is 0 Å². The molecule has 2 aliphatic rings. The van der Waals surface area contributed by atoms with Gasteiger partial charge in [0.25, 0.3) is 5.91 Å². The molecule has 0 aliphatic carbocycles. The molecular weight excluding hydrogens is 442 g/mol. The Kier molecular flexibility index (Phi) is 6.08. The minimum absolute atomic E-state index is 0. The lowest BCUT2D eigenvalue weighted by Crippen LogP contribution is -2.48. The first-order valence-electron chi connectivity index (χ1n) is 9.63. The van der Waals surface area contributed by atoms with E-state index < -0.39 is 6.10 Å². The van der Waals surface area contributed by atoms with E-state index in [1.165, 1.54) is 11.3 Å². The summed E-state index contributed by atoms with van der Waals surface area (Å²) in [7, 11) is 3.94. The predicted molar refractivity (Wildman–Crippen MR) is 120 cm³/mol. The first kappa shape index (κ1) is 21.5. The van der Waals surface area contributed by atoms with Crippen molar-refractivity contribution in [2.45, 2.75) is 6.10 Å². The molecule has 3 heterocycles. The number of thiazole rings is 1. The van der Waals surface area contributed by atoms with Crippen molar-refractivity contribution in [2.75, 3.05) is 45.5 Å². The molecule has 1 amide bonds. The molecule has 0 bridgehead atoms. The van der Waals surface area contributed by atoms with Crippen LogP contribution in [0, 0.1) is 0 Å². The third kappa shape index (κ3) is 4.21. The number of fused-ring (bicyclic) bond motifs is 3. The van der Waals surface area contributed by atoms with Crippen molar-refractivity contribution in [2.24, 2.45) is 0 Å². The number of anilines is 1. The van der Waals surface area contributed by atoms with Crippen LogP contribution in [0.15, 0.2) is 36.4 Å². The first-order valence-corrected chi connectivity index (χ1v) is 10.4. The maximum Gasteiger partial charge on any atom is 0.273 e. The van der Waals surface area contributed by atoms with Crippen LogP contribution in [-0.2, 0) is 4.79 Å². The zero-order chi connectivity index (χ0) is 20.7. The van der Waals surface area contributed by atoms with Crippen LogP contribution in [0.2, 0.25) is 0 Å². The summed E-state index contributed by atoms with van der Waals surface area (Å²) in [6.07, 6.45) is -0.731. The number of carbonyl (C=O) groups excluding carboxylic acids is 1. The van der Waals surface area contributed by atoms with Crippen LogP contribution < -0.4 is 23.8 Å². The van der Waals surface area contributed by atoms with Gasteiger partial charge in [0, 0.05) is 25.2 Å². The lowest BCUT2D eigenvalue weighted by atomic mass is 10.2. The number of aromatic nitrogens is 1. The molecule has 0 N–H and O–H groups in total. The van der Waals surface area contributed by atoms with Crippen molar-refractivity contribution in [3.63, 3.8) is 0 Å². The minimum Gasteiger partial charge on any atom is -0.485 e. The van der Waals surface area contributed by atoms with E-state index in [4.69, 9.17) is 23.9 Å². The highest BCUT2D eigenvalue weighted by molar-refractivity contribution is 7.22. The molecule has 3 aromatic rings. The fraction of sp³-hybridized carbons (Fsp3) is 0.333. The second-order valence-electron chi connectivity index (χ2n) is 7.33.